The highest BCUT2D eigenvalue weighted by atomic mass is 35.5. The highest BCUT2D eigenvalue weighted by molar-refractivity contribution is 8.04. The summed E-state index contributed by atoms with van der Waals surface area (Å²) in [5.74, 6) is 0.0176. The first-order chi connectivity index (χ1) is 5.07. The summed E-state index contributed by atoms with van der Waals surface area (Å²) in [6, 6.07) is 0. The van der Waals surface area contributed by atoms with Crippen LogP contribution in [-0.4, -0.2) is 16.4 Å². The van der Waals surface area contributed by atoms with E-state index in [1.165, 1.54) is 6.92 Å². The summed E-state index contributed by atoms with van der Waals surface area (Å²) in [5, 5.41) is 9.90. The lowest BCUT2D eigenvalue weighted by atomic mass is 10.2. The molecule has 4 heteroatoms. The molecule has 0 aromatic rings. The lowest BCUT2D eigenvalue weighted by Crippen LogP contribution is -2.16. The SMILES string of the molecule is CC(=O)C(CC(C)Cl)SC#N. The van der Waals surface area contributed by atoms with Crippen molar-refractivity contribution in [2.24, 2.45) is 0 Å². The molecule has 0 fully saturated rings. The van der Waals surface area contributed by atoms with E-state index in [0.29, 0.717) is 6.42 Å². The predicted octanol–water partition coefficient (Wildman–Crippen LogP) is 2.18. The Morgan fingerprint density at radius 2 is 2.36 bits per heavy atom. The molecule has 0 heterocycles. The van der Waals surface area contributed by atoms with Crippen LogP contribution in [0.1, 0.15) is 20.3 Å². The van der Waals surface area contributed by atoms with Gasteiger partial charge in [-0.3, -0.25) is 4.79 Å². The number of thioether (sulfide) groups is 1. The van der Waals surface area contributed by atoms with Crippen LogP contribution in [0.4, 0.5) is 0 Å². The molecule has 0 aliphatic rings. The molecule has 0 rings (SSSR count). The molecule has 0 amide bonds. The second-order valence-electron chi connectivity index (χ2n) is 2.32. The minimum atomic E-state index is -0.257. The summed E-state index contributed by atoms with van der Waals surface area (Å²) >= 11 is 6.66. The predicted molar refractivity (Wildman–Crippen MR) is 47.6 cm³/mol. The molecule has 0 bridgehead atoms. The minimum absolute atomic E-state index is 0.0176. The molecule has 2 atom stereocenters. The zero-order valence-electron chi connectivity index (χ0n) is 6.50. The third kappa shape index (κ3) is 5.11. The Kier molecular flexibility index (Phi) is 5.35. The van der Waals surface area contributed by atoms with Crippen molar-refractivity contribution in [2.75, 3.05) is 0 Å². The Bertz CT molecular complexity index is 176. The Morgan fingerprint density at radius 1 is 1.82 bits per heavy atom. The highest BCUT2D eigenvalue weighted by Crippen LogP contribution is 2.18. The number of thiocyanates is 1. The smallest absolute Gasteiger partial charge is 0.143 e. The molecule has 0 saturated carbocycles. The number of hydrogen-bond donors (Lipinski definition) is 0. The van der Waals surface area contributed by atoms with Gasteiger partial charge in [-0.05, 0) is 32.0 Å². The van der Waals surface area contributed by atoms with Crippen molar-refractivity contribution in [1.82, 2.24) is 0 Å². The van der Waals surface area contributed by atoms with E-state index in [2.05, 4.69) is 0 Å². The maximum absolute atomic E-state index is 10.8. The second kappa shape index (κ2) is 5.45. The van der Waals surface area contributed by atoms with E-state index in [0.717, 1.165) is 11.8 Å². The number of nitrogens with zero attached hydrogens (tertiary/aromatic N) is 1. The Morgan fingerprint density at radius 3 is 2.64 bits per heavy atom. The minimum Gasteiger partial charge on any atom is -0.299 e. The quantitative estimate of drug-likeness (QED) is 0.505. The number of carbonyl (C=O) groups is 1. The third-order valence-corrected chi connectivity index (χ3v) is 2.28. The molecular formula is C7H10ClNOS. The Labute approximate surface area is 75.9 Å². The zero-order valence-corrected chi connectivity index (χ0v) is 8.08. The van der Waals surface area contributed by atoms with Crippen molar-refractivity contribution < 1.29 is 4.79 Å². The van der Waals surface area contributed by atoms with E-state index < -0.39 is 0 Å². The van der Waals surface area contributed by atoms with Crippen molar-refractivity contribution >= 4 is 29.1 Å². The van der Waals surface area contributed by atoms with Crippen molar-refractivity contribution in [1.29, 1.82) is 5.26 Å². The topological polar surface area (TPSA) is 40.9 Å². The summed E-state index contributed by atoms with van der Waals surface area (Å²) in [4.78, 5) is 10.8. The first kappa shape index (κ1) is 10.8. The molecule has 0 aromatic carbocycles. The van der Waals surface area contributed by atoms with Crippen LogP contribution in [0.25, 0.3) is 0 Å². The average Bonchev–Trinajstić information content (AvgIpc) is 1.86. The fraction of sp³-hybridized carbons (Fsp3) is 0.714. The Balaban J connectivity index is 3.92. The summed E-state index contributed by atoms with van der Waals surface area (Å²) in [5.41, 5.74) is 0. The third-order valence-electron chi connectivity index (χ3n) is 1.19. The number of hydrogen-bond acceptors (Lipinski definition) is 3. The van der Waals surface area contributed by atoms with Crippen LogP contribution in [-0.2, 0) is 4.79 Å². The standard InChI is InChI=1S/C7H10ClNOS/c1-5(8)3-7(6(2)10)11-4-9/h5,7H,3H2,1-2H3. The number of rotatable bonds is 4. The molecule has 0 aliphatic carbocycles. The van der Waals surface area contributed by atoms with Gasteiger partial charge in [0.15, 0.2) is 0 Å². The largest absolute Gasteiger partial charge is 0.299 e. The van der Waals surface area contributed by atoms with Crippen LogP contribution in [0, 0.1) is 10.7 Å². The second-order valence-corrected chi connectivity index (χ2v) is 4.06. The van der Waals surface area contributed by atoms with Crippen LogP contribution in [0.15, 0.2) is 0 Å². The van der Waals surface area contributed by atoms with Gasteiger partial charge in [0, 0.05) is 5.38 Å². The zero-order chi connectivity index (χ0) is 8.85. The maximum Gasteiger partial charge on any atom is 0.143 e. The van der Waals surface area contributed by atoms with Gasteiger partial charge in [0.25, 0.3) is 0 Å². The fourth-order valence-electron chi connectivity index (χ4n) is 0.656. The number of halogens is 1. The van der Waals surface area contributed by atoms with Crippen LogP contribution < -0.4 is 0 Å². The van der Waals surface area contributed by atoms with Crippen molar-refractivity contribution in [3.8, 4) is 5.40 Å². The molecule has 0 radical (unpaired) electrons. The van der Waals surface area contributed by atoms with Crippen molar-refractivity contribution in [3.63, 3.8) is 0 Å². The number of ketones is 1. The van der Waals surface area contributed by atoms with E-state index in [4.69, 9.17) is 16.9 Å². The molecular weight excluding hydrogens is 182 g/mol. The number of Topliss-reactive ketones (excluding diaryl/α,β-unsaturated/α-hetero) is 1. The van der Waals surface area contributed by atoms with E-state index in [9.17, 15) is 4.79 Å². The van der Waals surface area contributed by atoms with E-state index >= 15 is 0 Å². The average molecular weight is 192 g/mol. The van der Waals surface area contributed by atoms with Crippen LogP contribution >= 0.6 is 23.4 Å². The molecule has 0 saturated heterocycles. The molecule has 0 aliphatic heterocycles. The lowest BCUT2D eigenvalue weighted by Gasteiger charge is -2.09. The van der Waals surface area contributed by atoms with E-state index in [1.54, 1.807) is 0 Å². The van der Waals surface area contributed by atoms with Gasteiger partial charge in [0.1, 0.15) is 11.2 Å². The van der Waals surface area contributed by atoms with Crippen molar-refractivity contribution in [3.05, 3.63) is 0 Å². The molecule has 0 N–H and O–H groups in total. The molecule has 0 spiro atoms. The summed E-state index contributed by atoms with van der Waals surface area (Å²) in [6.45, 7) is 3.30. The summed E-state index contributed by atoms with van der Waals surface area (Å²) in [7, 11) is 0. The number of alkyl halides is 1. The monoisotopic (exact) mass is 191 g/mol. The molecule has 11 heavy (non-hydrogen) atoms. The fourth-order valence-corrected chi connectivity index (χ4v) is 1.62. The first-order valence-electron chi connectivity index (χ1n) is 3.27. The lowest BCUT2D eigenvalue weighted by molar-refractivity contribution is -0.116. The molecule has 2 nitrogen and oxygen atoms in total. The van der Waals surface area contributed by atoms with Gasteiger partial charge >= 0.3 is 0 Å². The molecule has 0 aromatic heterocycles. The highest BCUT2D eigenvalue weighted by Gasteiger charge is 2.16. The normalized spacial score (nSPS) is 15.1. The van der Waals surface area contributed by atoms with Crippen molar-refractivity contribution in [2.45, 2.75) is 30.9 Å². The summed E-state index contributed by atoms with van der Waals surface area (Å²) < 4.78 is 0. The molecule has 2 unspecified atom stereocenters. The van der Waals surface area contributed by atoms with Gasteiger partial charge < -0.3 is 0 Å². The van der Waals surface area contributed by atoms with Gasteiger partial charge in [0.05, 0.1) is 5.25 Å². The van der Waals surface area contributed by atoms with Crippen LogP contribution in [0.5, 0.6) is 0 Å². The summed E-state index contributed by atoms with van der Waals surface area (Å²) in [6.07, 6.45) is 0.565. The van der Waals surface area contributed by atoms with Gasteiger partial charge in [-0.2, -0.15) is 5.26 Å². The number of carbonyl (C=O) groups excluding carboxylic acids is 1. The van der Waals surface area contributed by atoms with E-state index in [-0.39, 0.29) is 16.4 Å². The Hall–Kier alpha value is -0.200. The maximum atomic E-state index is 10.8. The van der Waals surface area contributed by atoms with Gasteiger partial charge in [-0.25, -0.2) is 0 Å². The van der Waals surface area contributed by atoms with Crippen LogP contribution in [0.3, 0.4) is 0 Å². The molecule has 62 valence electrons. The van der Waals surface area contributed by atoms with E-state index in [1.807, 2.05) is 12.3 Å². The van der Waals surface area contributed by atoms with Gasteiger partial charge in [0.2, 0.25) is 0 Å². The first-order valence-corrected chi connectivity index (χ1v) is 4.58. The van der Waals surface area contributed by atoms with Crippen LogP contribution in [0.2, 0.25) is 0 Å². The van der Waals surface area contributed by atoms with Gasteiger partial charge in [-0.15, -0.1) is 11.6 Å². The number of nitriles is 1. The van der Waals surface area contributed by atoms with Gasteiger partial charge in [-0.1, -0.05) is 0 Å².